The number of pyridine rings is 1. The molecule has 5 rings (SSSR count). The van der Waals surface area contributed by atoms with Crippen molar-refractivity contribution < 1.29 is 32.5 Å². The third-order valence-electron chi connectivity index (χ3n) is 7.49. The molecule has 0 aliphatic heterocycles. The molecule has 1 saturated carbocycles. The Morgan fingerprint density at radius 2 is 1.74 bits per heavy atom. The molecule has 1 aromatic carbocycles. The smallest absolute Gasteiger partial charge is 0.393 e. The zero-order valence-electron chi connectivity index (χ0n) is 24.0. The Labute approximate surface area is 257 Å². The first kappa shape index (κ1) is 32.5. The molecule has 1 aliphatic carbocycles. The van der Waals surface area contributed by atoms with Crippen molar-refractivity contribution in [1.29, 1.82) is 0 Å². The Morgan fingerprint density at radius 3 is 2.44 bits per heavy atom. The van der Waals surface area contributed by atoms with Gasteiger partial charge < -0.3 is 29.5 Å². The van der Waals surface area contributed by atoms with Gasteiger partial charge in [-0.3, -0.25) is 0 Å². The number of fused-ring (bicyclic) bond motifs is 1. The Hall–Kier alpha value is -3.39. The number of hydrogen-bond acceptors (Lipinski definition) is 10. The Morgan fingerprint density at radius 1 is 1.00 bits per heavy atom. The second-order valence-electron chi connectivity index (χ2n) is 10.2. The zero-order chi connectivity index (χ0) is 30.0. The van der Waals surface area contributed by atoms with E-state index in [1.807, 2.05) is 36.2 Å². The maximum Gasteiger partial charge on any atom is 0.393 e. The van der Waals surface area contributed by atoms with E-state index in [-0.39, 0.29) is 29.4 Å². The fraction of sp³-hybridized carbons (Fsp3) is 0.414. The highest BCUT2D eigenvalue weighted by molar-refractivity contribution is 7.18. The summed E-state index contributed by atoms with van der Waals surface area (Å²) in [7, 11) is 6.52. The molecular formula is C29H33ClF3N5O4S. The summed E-state index contributed by atoms with van der Waals surface area (Å²) in [6.45, 7) is 0.518. The van der Waals surface area contributed by atoms with Crippen LogP contribution in [0.3, 0.4) is 0 Å². The van der Waals surface area contributed by atoms with Crippen LogP contribution in [0.5, 0.6) is 17.4 Å². The first-order chi connectivity index (χ1) is 20.1. The summed E-state index contributed by atoms with van der Waals surface area (Å²) in [5.74, 6) is 2.15. The third-order valence-corrected chi connectivity index (χ3v) is 8.54. The predicted molar refractivity (Wildman–Crippen MR) is 162 cm³/mol. The summed E-state index contributed by atoms with van der Waals surface area (Å²) in [4.78, 5) is 15.4. The van der Waals surface area contributed by atoms with Crippen molar-refractivity contribution >= 4 is 39.8 Å². The number of benzene rings is 1. The lowest BCUT2D eigenvalue weighted by molar-refractivity contribution is -0.126. The number of thiophene rings is 1. The second kappa shape index (κ2) is 13.5. The average Bonchev–Trinajstić information content (AvgIpc) is 3.56. The molecule has 3 heterocycles. The number of ether oxygens (including phenoxy) is 3. The number of hydrogen-bond donors (Lipinski definition) is 2. The standard InChI is InChI=1S/C29H32F3N5O4S.ClH/c1-37(26-21-11-20(12-29(30,31)32)42-28(21)36-15-35-26)22-9-19(10-23(22)38)33-13-17-6-5-16(7-24(17)39-2)18-8-25(40-3)27(41-4)34-14-18;/h5-8,11,14-15,19,22-23,33,38H,9-10,12-13H2,1-4H3;1H/t19-,22+,23-;/m1./s1. The summed E-state index contributed by atoms with van der Waals surface area (Å²) >= 11 is 1.01. The fourth-order valence-corrected chi connectivity index (χ4v) is 6.43. The van der Waals surface area contributed by atoms with Gasteiger partial charge in [0, 0.05) is 41.8 Å². The molecule has 0 spiro atoms. The lowest BCUT2D eigenvalue weighted by atomic mass is 10.0. The number of aliphatic hydroxyl groups is 1. The van der Waals surface area contributed by atoms with Crippen LogP contribution < -0.4 is 24.4 Å². The molecule has 0 saturated heterocycles. The molecule has 4 aromatic rings. The topological polar surface area (TPSA) is 102 Å². The molecule has 0 bridgehead atoms. The average molecular weight is 640 g/mol. The van der Waals surface area contributed by atoms with Gasteiger partial charge in [-0.1, -0.05) is 12.1 Å². The van der Waals surface area contributed by atoms with E-state index in [4.69, 9.17) is 14.2 Å². The molecule has 14 heteroatoms. The summed E-state index contributed by atoms with van der Waals surface area (Å²) in [5, 5.41) is 15.0. The van der Waals surface area contributed by atoms with Crippen LogP contribution in [-0.4, -0.2) is 72.8 Å². The maximum atomic E-state index is 13.0. The van der Waals surface area contributed by atoms with Gasteiger partial charge in [-0.25, -0.2) is 15.0 Å². The normalized spacial score (nSPS) is 18.4. The number of rotatable bonds is 10. The van der Waals surface area contributed by atoms with Gasteiger partial charge >= 0.3 is 6.18 Å². The third kappa shape index (κ3) is 7.23. The van der Waals surface area contributed by atoms with E-state index in [0.717, 1.165) is 28.0 Å². The molecule has 0 amide bonds. The van der Waals surface area contributed by atoms with Crippen LogP contribution in [0.15, 0.2) is 42.9 Å². The van der Waals surface area contributed by atoms with Crippen molar-refractivity contribution in [3.05, 3.63) is 53.3 Å². The van der Waals surface area contributed by atoms with Crippen molar-refractivity contribution in [2.75, 3.05) is 33.3 Å². The largest absolute Gasteiger partial charge is 0.496 e. The number of nitrogens with one attached hydrogen (secondary N) is 1. The zero-order valence-corrected chi connectivity index (χ0v) is 25.6. The molecule has 2 N–H and O–H groups in total. The molecule has 232 valence electrons. The Bertz CT molecular complexity index is 1560. The predicted octanol–water partition coefficient (Wildman–Crippen LogP) is 5.42. The first-order valence-electron chi connectivity index (χ1n) is 13.3. The number of nitrogens with zero attached hydrogens (tertiary/aromatic N) is 4. The first-order valence-corrected chi connectivity index (χ1v) is 14.1. The van der Waals surface area contributed by atoms with Gasteiger partial charge in [-0.15, -0.1) is 23.7 Å². The Balaban J connectivity index is 0.00000423. The minimum Gasteiger partial charge on any atom is -0.496 e. The molecule has 3 aromatic heterocycles. The maximum absolute atomic E-state index is 13.0. The molecule has 3 atom stereocenters. The minimum absolute atomic E-state index is 0. The molecule has 0 unspecified atom stereocenters. The van der Waals surface area contributed by atoms with Gasteiger partial charge in [0.1, 0.15) is 22.7 Å². The minimum atomic E-state index is -4.30. The highest BCUT2D eigenvalue weighted by atomic mass is 35.5. The molecule has 1 fully saturated rings. The molecule has 0 radical (unpaired) electrons. The van der Waals surface area contributed by atoms with Gasteiger partial charge in [-0.2, -0.15) is 13.2 Å². The van der Waals surface area contributed by atoms with Crippen LogP contribution in [0, 0.1) is 0 Å². The molecule has 1 aliphatic rings. The van der Waals surface area contributed by atoms with E-state index >= 15 is 0 Å². The van der Waals surface area contributed by atoms with E-state index in [0.29, 0.717) is 52.8 Å². The van der Waals surface area contributed by atoms with Gasteiger partial charge in [0.2, 0.25) is 0 Å². The van der Waals surface area contributed by atoms with Crippen LogP contribution >= 0.6 is 23.7 Å². The summed E-state index contributed by atoms with van der Waals surface area (Å²) in [5.41, 5.74) is 2.71. The molecular weight excluding hydrogens is 607 g/mol. The lowest BCUT2D eigenvalue weighted by Gasteiger charge is -2.28. The second-order valence-corrected chi connectivity index (χ2v) is 11.3. The number of anilines is 1. The van der Waals surface area contributed by atoms with Crippen LogP contribution in [0.1, 0.15) is 23.3 Å². The van der Waals surface area contributed by atoms with E-state index < -0.39 is 18.7 Å². The fourth-order valence-electron chi connectivity index (χ4n) is 5.41. The molecule has 43 heavy (non-hydrogen) atoms. The van der Waals surface area contributed by atoms with Crippen molar-refractivity contribution in [3.8, 4) is 28.5 Å². The molecule has 9 nitrogen and oxygen atoms in total. The summed E-state index contributed by atoms with van der Waals surface area (Å²) in [6.07, 6.45) is -1.75. The number of alkyl halides is 3. The van der Waals surface area contributed by atoms with E-state index in [2.05, 4.69) is 20.3 Å². The van der Waals surface area contributed by atoms with Crippen LogP contribution in [-0.2, 0) is 13.0 Å². The van der Waals surface area contributed by atoms with Gasteiger partial charge in [0.15, 0.2) is 5.75 Å². The van der Waals surface area contributed by atoms with Gasteiger partial charge in [-0.05, 0) is 36.6 Å². The SMILES string of the molecule is COc1cc(-c2cnc(OC)c(OC)c2)ccc1CN[C@H]1C[C@@H](O)[C@@H](N(C)c2ncnc3sc(CC(F)(F)F)cc23)C1.Cl. The van der Waals surface area contributed by atoms with E-state index in [1.54, 1.807) is 20.4 Å². The van der Waals surface area contributed by atoms with E-state index in [9.17, 15) is 18.3 Å². The quantitative estimate of drug-likeness (QED) is 0.235. The lowest BCUT2D eigenvalue weighted by Crippen LogP contribution is -2.38. The summed E-state index contributed by atoms with van der Waals surface area (Å²) < 4.78 is 55.2. The van der Waals surface area contributed by atoms with E-state index in [1.165, 1.54) is 19.5 Å². The van der Waals surface area contributed by atoms with Crippen LogP contribution in [0.25, 0.3) is 21.3 Å². The number of likely N-dealkylation sites (N-methyl/N-ethyl adjacent to an activating group) is 1. The van der Waals surface area contributed by atoms with Gasteiger partial charge in [0.05, 0.1) is 45.3 Å². The highest BCUT2D eigenvalue weighted by Crippen LogP contribution is 2.37. The van der Waals surface area contributed by atoms with Crippen molar-refractivity contribution in [2.24, 2.45) is 0 Å². The van der Waals surface area contributed by atoms with Crippen molar-refractivity contribution in [2.45, 2.75) is 50.2 Å². The number of aromatic nitrogens is 3. The van der Waals surface area contributed by atoms with Crippen molar-refractivity contribution in [3.63, 3.8) is 0 Å². The van der Waals surface area contributed by atoms with Gasteiger partial charge in [0.25, 0.3) is 5.88 Å². The monoisotopic (exact) mass is 639 g/mol. The van der Waals surface area contributed by atoms with Crippen LogP contribution in [0.2, 0.25) is 0 Å². The van der Waals surface area contributed by atoms with Crippen LogP contribution in [0.4, 0.5) is 19.0 Å². The number of aliphatic hydroxyl groups excluding tert-OH is 1. The number of methoxy groups -OCH3 is 3. The number of halogens is 4. The summed E-state index contributed by atoms with van der Waals surface area (Å²) in [6, 6.07) is 9.00. The highest BCUT2D eigenvalue weighted by Gasteiger charge is 2.37. The van der Waals surface area contributed by atoms with Crippen molar-refractivity contribution in [1.82, 2.24) is 20.3 Å². The Kier molecular flexibility index (Phi) is 10.2.